The van der Waals surface area contributed by atoms with Crippen molar-refractivity contribution in [2.45, 2.75) is 44.4 Å². The SMILES string of the molecule is C[C@H]1CN(Cc2nnc(C3CC3)o2)CCN1C[C@@H](O)c1ccccc1. The van der Waals surface area contributed by atoms with Crippen LogP contribution in [-0.2, 0) is 6.54 Å². The fourth-order valence-electron chi connectivity index (χ4n) is 3.51. The fraction of sp³-hybridized carbons (Fsp3) is 0.579. The molecule has 1 N–H and O–H groups in total. The van der Waals surface area contributed by atoms with Crippen LogP contribution >= 0.6 is 0 Å². The van der Waals surface area contributed by atoms with Crippen LogP contribution in [0.25, 0.3) is 0 Å². The molecular weight excluding hydrogens is 316 g/mol. The van der Waals surface area contributed by atoms with Crippen molar-refractivity contribution in [1.29, 1.82) is 0 Å². The zero-order chi connectivity index (χ0) is 17.2. The van der Waals surface area contributed by atoms with Gasteiger partial charge in [-0.1, -0.05) is 30.3 Å². The number of hydrogen-bond donors (Lipinski definition) is 1. The Bertz CT molecular complexity index is 686. The first-order valence-electron chi connectivity index (χ1n) is 9.20. The summed E-state index contributed by atoms with van der Waals surface area (Å²) in [5.41, 5.74) is 0.982. The van der Waals surface area contributed by atoms with E-state index in [0.29, 0.717) is 18.5 Å². The van der Waals surface area contributed by atoms with Gasteiger partial charge in [0.2, 0.25) is 11.8 Å². The lowest BCUT2D eigenvalue weighted by Gasteiger charge is -2.40. The Labute approximate surface area is 148 Å². The van der Waals surface area contributed by atoms with E-state index < -0.39 is 6.10 Å². The van der Waals surface area contributed by atoms with Crippen LogP contribution < -0.4 is 0 Å². The van der Waals surface area contributed by atoms with Gasteiger partial charge in [0.25, 0.3) is 0 Å². The molecule has 2 aliphatic rings. The predicted octanol–water partition coefficient (Wildman–Crippen LogP) is 2.19. The van der Waals surface area contributed by atoms with Gasteiger partial charge >= 0.3 is 0 Å². The number of rotatable bonds is 6. The lowest BCUT2D eigenvalue weighted by molar-refractivity contribution is 0.0334. The highest BCUT2D eigenvalue weighted by molar-refractivity contribution is 5.17. The van der Waals surface area contributed by atoms with E-state index in [0.717, 1.165) is 43.5 Å². The molecule has 0 bridgehead atoms. The maximum Gasteiger partial charge on any atom is 0.230 e. The summed E-state index contributed by atoms with van der Waals surface area (Å²) in [6.45, 7) is 6.45. The molecule has 1 saturated carbocycles. The van der Waals surface area contributed by atoms with Crippen LogP contribution in [0.3, 0.4) is 0 Å². The van der Waals surface area contributed by atoms with Crippen LogP contribution in [0.1, 0.15) is 49.1 Å². The lowest BCUT2D eigenvalue weighted by Crippen LogP contribution is -2.52. The molecule has 1 aliphatic heterocycles. The normalized spacial score (nSPS) is 23.7. The molecule has 0 spiro atoms. The van der Waals surface area contributed by atoms with Crippen molar-refractivity contribution in [2.24, 2.45) is 0 Å². The van der Waals surface area contributed by atoms with E-state index in [1.54, 1.807) is 0 Å². The van der Waals surface area contributed by atoms with E-state index in [-0.39, 0.29) is 0 Å². The average molecular weight is 342 g/mol. The number of aliphatic hydroxyl groups is 1. The van der Waals surface area contributed by atoms with Gasteiger partial charge in [-0.05, 0) is 25.3 Å². The quantitative estimate of drug-likeness (QED) is 0.868. The average Bonchev–Trinajstić information content (AvgIpc) is 3.38. The maximum absolute atomic E-state index is 10.5. The van der Waals surface area contributed by atoms with Crippen molar-refractivity contribution < 1.29 is 9.52 Å². The van der Waals surface area contributed by atoms with Crippen LogP contribution in [0.15, 0.2) is 34.7 Å². The standard InChI is InChI=1S/C19H26N4O2/c1-14-11-22(13-18-20-21-19(25-18)16-7-8-16)9-10-23(14)12-17(24)15-5-3-2-4-6-15/h2-6,14,16-17,24H,7-13H2,1H3/t14-,17+/m0/s1. The van der Waals surface area contributed by atoms with Crippen LogP contribution in [-0.4, -0.2) is 57.3 Å². The summed E-state index contributed by atoms with van der Waals surface area (Å²) in [4.78, 5) is 4.72. The lowest BCUT2D eigenvalue weighted by atomic mass is 10.1. The van der Waals surface area contributed by atoms with Gasteiger partial charge < -0.3 is 9.52 Å². The zero-order valence-corrected chi connectivity index (χ0v) is 14.7. The minimum atomic E-state index is -0.438. The van der Waals surface area contributed by atoms with Crippen molar-refractivity contribution in [3.05, 3.63) is 47.7 Å². The smallest absolute Gasteiger partial charge is 0.230 e. The second-order valence-electron chi connectivity index (χ2n) is 7.31. The Hall–Kier alpha value is -1.76. The van der Waals surface area contributed by atoms with Gasteiger partial charge in [-0.15, -0.1) is 10.2 Å². The molecule has 134 valence electrons. The van der Waals surface area contributed by atoms with E-state index in [1.807, 2.05) is 30.3 Å². The molecule has 6 nitrogen and oxygen atoms in total. The highest BCUT2D eigenvalue weighted by Gasteiger charge is 2.30. The molecule has 1 aliphatic carbocycles. The van der Waals surface area contributed by atoms with E-state index >= 15 is 0 Å². The Morgan fingerprint density at radius 2 is 2.00 bits per heavy atom. The molecule has 2 heterocycles. The van der Waals surface area contributed by atoms with Crippen LogP contribution in [0.4, 0.5) is 0 Å². The first-order valence-corrected chi connectivity index (χ1v) is 9.20. The number of hydrogen-bond acceptors (Lipinski definition) is 6. The minimum absolute atomic E-state index is 0.387. The van der Waals surface area contributed by atoms with Crippen molar-refractivity contribution >= 4 is 0 Å². The molecule has 0 amide bonds. The van der Waals surface area contributed by atoms with E-state index in [9.17, 15) is 5.11 Å². The summed E-state index contributed by atoms with van der Waals surface area (Å²) >= 11 is 0. The largest absolute Gasteiger partial charge is 0.424 e. The molecule has 1 saturated heterocycles. The Morgan fingerprint density at radius 3 is 2.72 bits per heavy atom. The van der Waals surface area contributed by atoms with Crippen molar-refractivity contribution in [3.63, 3.8) is 0 Å². The molecule has 0 radical (unpaired) electrons. The number of nitrogens with zero attached hydrogens (tertiary/aromatic N) is 4. The number of aliphatic hydroxyl groups excluding tert-OH is 1. The van der Waals surface area contributed by atoms with Crippen molar-refractivity contribution in [3.8, 4) is 0 Å². The molecular formula is C19H26N4O2. The minimum Gasteiger partial charge on any atom is -0.424 e. The van der Waals surface area contributed by atoms with Crippen LogP contribution in [0.5, 0.6) is 0 Å². The van der Waals surface area contributed by atoms with Crippen molar-refractivity contribution in [1.82, 2.24) is 20.0 Å². The van der Waals surface area contributed by atoms with Crippen LogP contribution in [0, 0.1) is 0 Å². The summed E-state index contributed by atoms with van der Waals surface area (Å²) in [6.07, 6.45) is 1.93. The van der Waals surface area contributed by atoms with Gasteiger partial charge in [-0.2, -0.15) is 0 Å². The molecule has 2 atom stereocenters. The second kappa shape index (κ2) is 7.23. The Kier molecular flexibility index (Phi) is 4.83. The first-order chi connectivity index (χ1) is 12.2. The number of aromatic nitrogens is 2. The van der Waals surface area contributed by atoms with E-state index in [1.165, 1.54) is 12.8 Å². The third-order valence-corrected chi connectivity index (χ3v) is 5.21. The van der Waals surface area contributed by atoms with Gasteiger partial charge in [-0.25, -0.2) is 0 Å². The zero-order valence-electron chi connectivity index (χ0n) is 14.7. The molecule has 2 aromatic rings. The number of piperazine rings is 1. The number of benzene rings is 1. The highest BCUT2D eigenvalue weighted by atomic mass is 16.4. The summed E-state index contributed by atoms with van der Waals surface area (Å²) in [6, 6.07) is 10.3. The van der Waals surface area contributed by atoms with Gasteiger partial charge in [0, 0.05) is 38.1 Å². The topological polar surface area (TPSA) is 65.6 Å². The Balaban J connectivity index is 1.29. The van der Waals surface area contributed by atoms with Gasteiger partial charge in [0.1, 0.15) is 0 Å². The Morgan fingerprint density at radius 1 is 1.20 bits per heavy atom. The fourth-order valence-corrected chi connectivity index (χ4v) is 3.51. The monoisotopic (exact) mass is 342 g/mol. The maximum atomic E-state index is 10.5. The van der Waals surface area contributed by atoms with Crippen LogP contribution in [0.2, 0.25) is 0 Å². The third-order valence-electron chi connectivity index (χ3n) is 5.21. The molecule has 25 heavy (non-hydrogen) atoms. The molecule has 2 fully saturated rings. The molecule has 0 unspecified atom stereocenters. The molecule has 6 heteroatoms. The third kappa shape index (κ3) is 4.08. The van der Waals surface area contributed by atoms with Crippen molar-refractivity contribution in [2.75, 3.05) is 26.2 Å². The second-order valence-corrected chi connectivity index (χ2v) is 7.31. The summed E-state index contributed by atoms with van der Waals surface area (Å²) in [7, 11) is 0. The first kappa shape index (κ1) is 16.7. The highest BCUT2D eigenvalue weighted by Crippen LogP contribution is 2.39. The number of β-amino-alcohol motifs (C(OH)–C–C–N with tert-alkyl or cyclic N) is 1. The summed E-state index contributed by atoms with van der Waals surface area (Å²) in [5.74, 6) is 2.05. The van der Waals surface area contributed by atoms with Gasteiger partial charge in [-0.3, -0.25) is 9.80 Å². The molecule has 1 aromatic heterocycles. The van der Waals surface area contributed by atoms with Gasteiger partial charge in [0.15, 0.2) is 0 Å². The molecule has 4 rings (SSSR count). The predicted molar refractivity (Wildman–Crippen MR) is 94.0 cm³/mol. The van der Waals surface area contributed by atoms with Gasteiger partial charge in [0.05, 0.1) is 12.6 Å². The van der Waals surface area contributed by atoms with E-state index in [4.69, 9.17) is 4.42 Å². The summed E-state index contributed by atoms with van der Waals surface area (Å²) in [5, 5.41) is 18.8. The molecule has 1 aromatic carbocycles. The van der Waals surface area contributed by atoms with E-state index in [2.05, 4.69) is 26.9 Å². The summed E-state index contributed by atoms with van der Waals surface area (Å²) < 4.78 is 5.78.